The lowest BCUT2D eigenvalue weighted by molar-refractivity contribution is -0.385. The number of aryl methyl sites for hydroxylation is 2. The fourth-order valence-corrected chi connectivity index (χ4v) is 6.97. The molecule has 0 spiro atoms. The van der Waals surface area contributed by atoms with Crippen LogP contribution < -0.4 is 28.7 Å². The van der Waals surface area contributed by atoms with Crippen molar-refractivity contribution in [2.45, 2.75) is 23.6 Å². The van der Waals surface area contributed by atoms with Gasteiger partial charge >= 0.3 is 20.2 Å². The number of rotatable bonds is 16. The van der Waals surface area contributed by atoms with Crippen LogP contribution in [0.25, 0.3) is 0 Å². The minimum absolute atomic E-state index is 0.0181. The molecule has 0 radical (unpaired) electrons. The van der Waals surface area contributed by atoms with E-state index >= 15 is 0 Å². The SMILES string of the molecule is COc1cc(/C=N/Nc2ccc([N+](=O)[O-])cc2)ccc1OS(=O)(=O)c1ccc(C)cc1.COc1cc(/C=N/Nc2ccc([N+](=O)[O-])cc2)ccc1OS(=O)(=O)c1ccc(C)cc1. The average molecular weight is 883 g/mol. The summed E-state index contributed by atoms with van der Waals surface area (Å²) >= 11 is 0. The molecule has 0 aromatic heterocycles. The second kappa shape index (κ2) is 20.4. The van der Waals surface area contributed by atoms with Gasteiger partial charge in [-0.15, -0.1) is 0 Å². The molecule has 0 aliphatic heterocycles. The van der Waals surface area contributed by atoms with E-state index in [0.29, 0.717) is 22.5 Å². The molecule has 320 valence electrons. The molecule has 0 aliphatic carbocycles. The molecule has 0 bridgehead atoms. The van der Waals surface area contributed by atoms with Crippen molar-refractivity contribution in [2.75, 3.05) is 25.1 Å². The Hall–Kier alpha value is -7.84. The van der Waals surface area contributed by atoms with Crippen molar-refractivity contribution >= 4 is 55.4 Å². The number of nitro benzene ring substituents is 2. The average Bonchev–Trinajstić information content (AvgIpc) is 3.25. The van der Waals surface area contributed by atoms with E-state index in [0.717, 1.165) is 11.1 Å². The first-order valence-corrected chi connectivity index (χ1v) is 20.8. The van der Waals surface area contributed by atoms with Gasteiger partial charge in [-0.1, -0.05) is 35.4 Å². The van der Waals surface area contributed by atoms with E-state index in [4.69, 9.17) is 17.8 Å². The highest BCUT2D eigenvalue weighted by atomic mass is 32.2. The highest BCUT2D eigenvalue weighted by molar-refractivity contribution is 7.87. The van der Waals surface area contributed by atoms with Gasteiger partial charge < -0.3 is 17.8 Å². The van der Waals surface area contributed by atoms with Crippen LogP contribution in [0.15, 0.2) is 153 Å². The summed E-state index contributed by atoms with van der Waals surface area (Å²) in [4.78, 5) is 20.5. The van der Waals surface area contributed by atoms with Crippen LogP contribution in [0.4, 0.5) is 22.7 Å². The standard InChI is InChI=1S/2C21H19N3O6S/c2*1-15-3-10-19(11-4-15)31(27,28)30-20-12-5-16(13-21(20)29-2)14-22-23-17-6-8-18(9-7-17)24(25)26/h2*3-14,23H,1-2H3/b2*22-14+. The van der Waals surface area contributed by atoms with E-state index in [1.807, 2.05) is 13.8 Å². The first-order chi connectivity index (χ1) is 29.6. The molecule has 6 rings (SSSR count). The lowest BCUT2D eigenvalue weighted by atomic mass is 10.2. The zero-order chi connectivity index (χ0) is 44.9. The van der Waals surface area contributed by atoms with Crippen LogP contribution in [0.3, 0.4) is 0 Å². The Morgan fingerprint density at radius 3 is 1.15 bits per heavy atom. The third-order valence-corrected chi connectivity index (χ3v) is 10.9. The van der Waals surface area contributed by atoms with E-state index in [9.17, 15) is 37.1 Å². The number of nitrogens with one attached hydrogen (secondary N) is 2. The summed E-state index contributed by atoms with van der Waals surface area (Å²) in [5, 5.41) is 29.5. The minimum Gasteiger partial charge on any atom is -0.493 e. The van der Waals surface area contributed by atoms with Gasteiger partial charge in [0.25, 0.3) is 11.4 Å². The van der Waals surface area contributed by atoms with E-state index in [2.05, 4.69) is 21.1 Å². The summed E-state index contributed by atoms with van der Waals surface area (Å²) in [6, 6.07) is 33.5. The number of hydrazone groups is 2. The largest absolute Gasteiger partial charge is 0.493 e. The van der Waals surface area contributed by atoms with Crippen molar-refractivity contribution in [1.82, 2.24) is 0 Å². The monoisotopic (exact) mass is 882 g/mol. The first kappa shape index (κ1) is 45.2. The van der Waals surface area contributed by atoms with Gasteiger partial charge in [0.05, 0.1) is 47.9 Å². The molecule has 0 saturated carbocycles. The molecule has 0 atom stereocenters. The summed E-state index contributed by atoms with van der Waals surface area (Å²) < 4.78 is 71.0. The zero-order valence-corrected chi connectivity index (χ0v) is 35.0. The Labute approximate surface area is 356 Å². The minimum atomic E-state index is -4.01. The first-order valence-electron chi connectivity index (χ1n) is 18.0. The van der Waals surface area contributed by atoms with Gasteiger partial charge in [-0.05, 0) is 110 Å². The zero-order valence-electron chi connectivity index (χ0n) is 33.4. The fraction of sp³-hybridized carbons (Fsp3) is 0.0952. The van der Waals surface area contributed by atoms with Crippen molar-refractivity contribution < 1.29 is 44.5 Å². The lowest BCUT2D eigenvalue weighted by Gasteiger charge is -2.11. The molecule has 0 fully saturated rings. The number of ether oxygens (including phenoxy) is 2. The Kier molecular flexibility index (Phi) is 14.9. The number of nitrogens with zero attached hydrogens (tertiary/aromatic N) is 4. The molecule has 0 heterocycles. The predicted molar refractivity (Wildman–Crippen MR) is 233 cm³/mol. The molecule has 0 amide bonds. The number of methoxy groups -OCH3 is 2. The second-order valence-electron chi connectivity index (χ2n) is 12.9. The predicted octanol–water partition coefficient (Wildman–Crippen LogP) is 8.25. The van der Waals surface area contributed by atoms with Gasteiger partial charge in [-0.3, -0.25) is 31.1 Å². The van der Waals surface area contributed by atoms with Crippen LogP contribution in [-0.4, -0.2) is 53.3 Å². The maximum atomic E-state index is 12.5. The fourth-order valence-electron chi connectivity index (χ4n) is 5.09. The highest BCUT2D eigenvalue weighted by Crippen LogP contribution is 2.32. The van der Waals surface area contributed by atoms with Crippen LogP contribution in [-0.2, 0) is 20.2 Å². The van der Waals surface area contributed by atoms with E-state index in [1.165, 1.54) is 112 Å². The van der Waals surface area contributed by atoms with Gasteiger partial charge in [0, 0.05) is 24.3 Å². The van der Waals surface area contributed by atoms with Crippen LogP contribution in [0, 0.1) is 34.1 Å². The molecule has 2 N–H and O–H groups in total. The summed E-state index contributed by atoms with van der Waals surface area (Å²) in [5.41, 5.74) is 9.71. The van der Waals surface area contributed by atoms with E-state index in [-0.39, 0.29) is 44.2 Å². The molecule has 18 nitrogen and oxygen atoms in total. The smallest absolute Gasteiger partial charge is 0.339 e. The molecule has 0 aliphatic rings. The second-order valence-corrected chi connectivity index (χ2v) is 16.0. The molecule has 6 aromatic carbocycles. The number of non-ortho nitro benzene ring substituents is 2. The summed E-state index contributed by atoms with van der Waals surface area (Å²) in [5.74, 6) is 0.525. The van der Waals surface area contributed by atoms with Crippen LogP contribution in [0.1, 0.15) is 22.3 Å². The van der Waals surface area contributed by atoms with Crippen molar-refractivity contribution in [3.63, 3.8) is 0 Å². The Morgan fingerprint density at radius 1 is 0.500 bits per heavy atom. The Morgan fingerprint density at radius 2 is 0.839 bits per heavy atom. The third-order valence-electron chi connectivity index (χ3n) is 8.36. The van der Waals surface area contributed by atoms with Gasteiger partial charge in [-0.25, -0.2) is 0 Å². The summed E-state index contributed by atoms with van der Waals surface area (Å²) in [6.45, 7) is 3.72. The molecule has 6 aromatic rings. The maximum absolute atomic E-state index is 12.5. The topological polar surface area (TPSA) is 240 Å². The van der Waals surface area contributed by atoms with Crippen LogP contribution in [0.5, 0.6) is 23.0 Å². The third kappa shape index (κ3) is 12.6. The Balaban J connectivity index is 0.000000234. The van der Waals surface area contributed by atoms with Crippen LogP contribution >= 0.6 is 0 Å². The number of hydrogen-bond acceptors (Lipinski definition) is 16. The van der Waals surface area contributed by atoms with Gasteiger partial charge in [-0.2, -0.15) is 27.0 Å². The van der Waals surface area contributed by atoms with Gasteiger partial charge in [0.15, 0.2) is 23.0 Å². The van der Waals surface area contributed by atoms with E-state index in [1.54, 1.807) is 48.5 Å². The molecular weight excluding hydrogens is 845 g/mol. The maximum Gasteiger partial charge on any atom is 0.339 e. The van der Waals surface area contributed by atoms with Gasteiger partial charge in [0.2, 0.25) is 0 Å². The highest BCUT2D eigenvalue weighted by Gasteiger charge is 2.20. The lowest BCUT2D eigenvalue weighted by Crippen LogP contribution is -2.10. The molecule has 20 heteroatoms. The summed E-state index contributed by atoms with van der Waals surface area (Å²) in [7, 11) is -5.23. The van der Waals surface area contributed by atoms with Crippen molar-refractivity contribution in [2.24, 2.45) is 10.2 Å². The number of hydrogen-bond donors (Lipinski definition) is 2. The molecule has 0 saturated heterocycles. The molecular formula is C42H38N6O12S2. The molecule has 62 heavy (non-hydrogen) atoms. The Bertz CT molecular complexity index is 2610. The van der Waals surface area contributed by atoms with Crippen LogP contribution in [0.2, 0.25) is 0 Å². The van der Waals surface area contributed by atoms with E-state index < -0.39 is 30.1 Å². The normalized spacial score (nSPS) is 11.3. The van der Waals surface area contributed by atoms with Crippen molar-refractivity contribution in [3.05, 3.63) is 176 Å². The quantitative estimate of drug-likeness (QED) is 0.0403. The number of anilines is 2. The summed E-state index contributed by atoms with van der Waals surface area (Å²) in [6.07, 6.45) is 2.98. The molecule has 0 unspecified atom stereocenters. The number of nitro groups is 2. The van der Waals surface area contributed by atoms with Crippen molar-refractivity contribution in [1.29, 1.82) is 0 Å². The van der Waals surface area contributed by atoms with Gasteiger partial charge in [0.1, 0.15) is 9.79 Å². The van der Waals surface area contributed by atoms with Crippen molar-refractivity contribution in [3.8, 4) is 23.0 Å². The number of benzene rings is 6.